The number of hydrogen-bond acceptors (Lipinski definition) is 10. The molecule has 0 fully saturated rings. The van der Waals surface area contributed by atoms with Crippen LogP contribution in [0.5, 0.6) is 11.5 Å². The number of nitrogens with zero attached hydrogens (tertiary/aromatic N) is 3. The maximum absolute atomic E-state index is 12.7. The Morgan fingerprint density at radius 3 is 2.69 bits per heavy atom. The summed E-state index contributed by atoms with van der Waals surface area (Å²) in [5, 5.41) is 15.4. The van der Waals surface area contributed by atoms with E-state index in [1.165, 1.54) is 23.5 Å². The highest BCUT2D eigenvalue weighted by atomic mass is 32.3. The Balaban J connectivity index is 1.61. The van der Waals surface area contributed by atoms with Crippen LogP contribution in [-0.2, 0) is 14.6 Å². The molecule has 1 N–H and O–H groups in total. The first kappa shape index (κ1) is 25.8. The fourth-order valence-electron chi connectivity index (χ4n) is 3.29. The van der Waals surface area contributed by atoms with Crippen molar-refractivity contribution in [2.45, 2.75) is 20.8 Å². The first-order valence-corrected chi connectivity index (χ1v) is 14.2. The second kappa shape index (κ2) is 10.4. The van der Waals surface area contributed by atoms with Crippen molar-refractivity contribution in [3.8, 4) is 11.5 Å². The van der Waals surface area contributed by atoms with Gasteiger partial charge in [-0.3, -0.25) is 10.2 Å². The van der Waals surface area contributed by atoms with Crippen LogP contribution < -0.4 is 9.47 Å². The lowest BCUT2D eigenvalue weighted by molar-refractivity contribution is -0.114. The molecule has 1 aromatic heterocycles. The molecule has 10 nitrogen and oxygen atoms in total. The normalized spacial score (nSPS) is 16.8. The topological polar surface area (TPSA) is 139 Å². The Morgan fingerprint density at radius 2 is 2.03 bits per heavy atom. The van der Waals surface area contributed by atoms with Gasteiger partial charge >= 0.3 is 5.97 Å². The number of amidine groups is 2. The molecule has 2 aliphatic heterocycles. The van der Waals surface area contributed by atoms with Crippen LogP contribution in [0.15, 0.2) is 51.4 Å². The molecule has 0 atom stereocenters. The number of rotatable bonds is 7. The van der Waals surface area contributed by atoms with E-state index < -0.39 is 21.7 Å². The second-order valence-corrected chi connectivity index (χ2v) is 12.2. The molecule has 0 bridgehead atoms. The molecule has 3 heterocycles. The lowest BCUT2D eigenvalue weighted by atomic mass is 10.1. The number of esters is 1. The van der Waals surface area contributed by atoms with E-state index in [-0.39, 0.29) is 44.1 Å². The first-order valence-electron chi connectivity index (χ1n) is 10.8. The van der Waals surface area contributed by atoms with Gasteiger partial charge in [-0.15, -0.1) is 16.4 Å². The summed E-state index contributed by atoms with van der Waals surface area (Å²) < 4.78 is 36.1. The number of fused-ring (bicyclic) bond motifs is 1. The molecule has 0 unspecified atom stereocenters. The van der Waals surface area contributed by atoms with Gasteiger partial charge in [0.05, 0.1) is 17.9 Å². The van der Waals surface area contributed by atoms with E-state index in [4.69, 9.17) is 14.9 Å². The number of sulfone groups is 1. The summed E-state index contributed by atoms with van der Waals surface area (Å²) in [6.45, 7) is 5.64. The van der Waals surface area contributed by atoms with Gasteiger partial charge < -0.3 is 9.47 Å². The third-order valence-electron chi connectivity index (χ3n) is 4.76. The van der Waals surface area contributed by atoms with Crippen LogP contribution in [0.4, 0.5) is 0 Å². The maximum Gasteiger partial charge on any atom is 0.353 e. The third kappa shape index (κ3) is 5.42. The third-order valence-corrected chi connectivity index (χ3v) is 9.04. The van der Waals surface area contributed by atoms with E-state index in [2.05, 4.69) is 10.1 Å². The summed E-state index contributed by atoms with van der Waals surface area (Å²) in [5.74, 6) is -1.22. The summed E-state index contributed by atoms with van der Waals surface area (Å²) >= 11 is 2.01. The molecule has 1 amide bonds. The largest absolute Gasteiger partial charge is 0.490 e. The van der Waals surface area contributed by atoms with Gasteiger partial charge in [0.25, 0.3) is 5.91 Å². The van der Waals surface area contributed by atoms with E-state index in [9.17, 15) is 18.0 Å². The van der Waals surface area contributed by atoms with Gasteiger partial charge in [-0.2, -0.15) is 10.0 Å². The van der Waals surface area contributed by atoms with Gasteiger partial charge in [0.15, 0.2) is 17.3 Å². The summed E-state index contributed by atoms with van der Waals surface area (Å²) in [4.78, 5) is 29.4. The summed E-state index contributed by atoms with van der Waals surface area (Å²) in [7, 11) is -3.67. The standard InChI is InChI=1S/C23H22N4O6S3/c1-4-32-17-11-14(7-8-16(17)33-21(29)18-6-5-9-34-18)10-15-19(24)27-22(25-20(15)28)35-23(26-27)36(30,31)12-13(2)3/h5-11,13,24H,4,12H2,1-3H3. The fourth-order valence-corrected chi connectivity index (χ4v) is 6.68. The first-order chi connectivity index (χ1) is 17.1. The van der Waals surface area contributed by atoms with Gasteiger partial charge in [-0.05, 0) is 59.8 Å². The lowest BCUT2D eigenvalue weighted by Gasteiger charge is -2.20. The predicted octanol–water partition coefficient (Wildman–Crippen LogP) is 4.01. The SMILES string of the molecule is CCOc1cc(C=C2C(=N)N3N=C(S(=O)(=O)CC(C)C)SC3=NC2=O)ccc1OC(=O)c1cccs1. The Bertz CT molecular complexity index is 1430. The Hall–Kier alpha value is -3.29. The number of hydrazone groups is 1. The number of ether oxygens (including phenoxy) is 2. The van der Waals surface area contributed by atoms with Gasteiger partial charge in [-0.25, -0.2) is 13.2 Å². The average molecular weight is 547 g/mol. The highest BCUT2D eigenvalue weighted by Crippen LogP contribution is 2.33. The Morgan fingerprint density at radius 1 is 1.25 bits per heavy atom. The molecule has 188 valence electrons. The molecule has 4 rings (SSSR count). The van der Waals surface area contributed by atoms with Gasteiger partial charge in [-0.1, -0.05) is 26.0 Å². The number of carbonyl (C=O) groups excluding carboxylic acids is 2. The number of benzene rings is 1. The summed E-state index contributed by atoms with van der Waals surface area (Å²) in [6, 6.07) is 8.12. The number of hydrogen-bond donors (Lipinski definition) is 1. The smallest absolute Gasteiger partial charge is 0.353 e. The highest BCUT2D eigenvalue weighted by Gasteiger charge is 2.39. The summed E-state index contributed by atoms with van der Waals surface area (Å²) in [6.07, 6.45) is 1.43. The van der Waals surface area contributed by atoms with Crippen molar-refractivity contribution >= 4 is 66.3 Å². The minimum absolute atomic E-state index is 0.0234. The van der Waals surface area contributed by atoms with Gasteiger partial charge in [0.2, 0.25) is 19.4 Å². The van der Waals surface area contributed by atoms with Crippen LogP contribution in [0.3, 0.4) is 0 Å². The Labute approximate surface area is 216 Å². The van der Waals surface area contributed by atoms with Crippen molar-refractivity contribution in [2.75, 3.05) is 12.4 Å². The molecule has 0 aliphatic carbocycles. The number of thioether (sulfide) groups is 1. The number of nitrogens with one attached hydrogen (secondary N) is 1. The van der Waals surface area contributed by atoms with Gasteiger partial charge in [0, 0.05) is 0 Å². The van der Waals surface area contributed by atoms with Crippen LogP contribution in [0.1, 0.15) is 36.0 Å². The number of thiophene rings is 1. The Kier molecular flexibility index (Phi) is 7.43. The average Bonchev–Trinajstić information content (AvgIpc) is 3.48. The monoisotopic (exact) mass is 546 g/mol. The van der Waals surface area contributed by atoms with Crippen LogP contribution in [0, 0.1) is 11.3 Å². The zero-order valence-corrected chi connectivity index (χ0v) is 22.0. The molecular weight excluding hydrogens is 524 g/mol. The van der Waals surface area contributed by atoms with E-state index >= 15 is 0 Å². The van der Waals surface area contributed by atoms with E-state index in [1.54, 1.807) is 50.4 Å². The van der Waals surface area contributed by atoms with Crippen LogP contribution in [0.2, 0.25) is 0 Å². The van der Waals surface area contributed by atoms with E-state index in [0.29, 0.717) is 17.0 Å². The minimum Gasteiger partial charge on any atom is -0.490 e. The van der Waals surface area contributed by atoms with Crippen LogP contribution in [0.25, 0.3) is 6.08 Å². The highest BCUT2D eigenvalue weighted by molar-refractivity contribution is 8.42. The quantitative estimate of drug-likeness (QED) is 0.312. The molecule has 0 radical (unpaired) electrons. The van der Waals surface area contributed by atoms with Crippen molar-refractivity contribution in [3.63, 3.8) is 0 Å². The van der Waals surface area contributed by atoms with Crippen LogP contribution >= 0.6 is 23.1 Å². The molecule has 13 heteroatoms. The second-order valence-electron chi connectivity index (χ2n) is 8.07. The maximum atomic E-state index is 12.7. The zero-order valence-electron chi connectivity index (χ0n) is 19.5. The van der Waals surface area contributed by atoms with Crippen LogP contribution in [-0.4, -0.2) is 53.0 Å². The molecule has 0 spiro atoms. The van der Waals surface area contributed by atoms with Gasteiger partial charge in [0.1, 0.15) is 4.88 Å². The van der Waals surface area contributed by atoms with Crippen molar-refractivity contribution in [1.29, 1.82) is 5.41 Å². The van der Waals surface area contributed by atoms with E-state index in [0.717, 1.165) is 16.8 Å². The predicted molar refractivity (Wildman–Crippen MR) is 141 cm³/mol. The number of aliphatic imine (C=N–C) groups is 1. The molecule has 0 saturated carbocycles. The zero-order chi connectivity index (χ0) is 26.0. The fraction of sp³-hybridized carbons (Fsp3) is 0.261. The number of carbonyl (C=O) groups is 2. The van der Waals surface area contributed by atoms with Crippen molar-refractivity contribution in [3.05, 3.63) is 51.7 Å². The minimum atomic E-state index is -3.67. The number of amides is 1. The molecule has 2 aromatic rings. The molecule has 2 aliphatic rings. The molecular formula is C23H22N4O6S3. The van der Waals surface area contributed by atoms with E-state index in [1.807, 2.05) is 0 Å². The van der Waals surface area contributed by atoms with Crippen molar-refractivity contribution in [1.82, 2.24) is 5.01 Å². The van der Waals surface area contributed by atoms with Crippen molar-refractivity contribution < 1.29 is 27.5 Å². The van der Waals surface area contributed by atoms with Crippen molar-refractivity contribution in [2.24, 2.45) is 16.0 Å². The summed E-state index contributed by atoms with van der Waals surface area (Å²) in [5.41, 5.74) is 0.418. The molecule has 0 saturated heterocycles. The molecule has 1 aromatic carbocycles. The molecule has 36 heavy (non-hydrogen) atoms. The lowest BCUT2D eigenvalue weighted by Crippen LogP contribution is -2.35.